The Morgan fingerprint density at radius 1 is 0.885 bits per heavy atom. The zero-order valence-electron chi connectivity index (χ0n) is 16.0. The van der Waals surface area contributed by atoms with E-state index in [1.165, 1.54) is 0 Å². The Bertz CT molecular complexity index is 455. The standard InChI is InChI=1S/C21H35NO4/c1-2-3-4-5-6-7-8-9-10-11-12-13-14-15-16-17-20(24)22-19(18-23)21(25)26/h3-4,6-7,9-10,19,23H,2,5,8,11-18H2,1H3,(H,22,24)(H,25,26)/b4-3-,7-6-,10-9-. The van der Waals surface area contributed by atoms with Gasteiger partial charge in [0.2, 0.25) is 5.91 Å². The fraction of sp³-hybridized carbons (Fsp3) is 0.619. The number of allylic oxidation sites excluding steroid dienone is 6. The summed E-state index contributed by atoms with van der Waals surface area (Å²) in [5, 5.41) is 19.9. The molecule has 0 saturated carbocycles. The summed E-state index contributed by atoms with van der Waals surface area (Å²) in [5.74, 6) is -1.52. The first-order valence-corrected chi connectivity index (χ1v) is 9.69. The molecule has 1 atom stereocenters. The van der Waals surface area contributed by atoms with E-state index in [1.807, 2.05) is 0 Å². The number of carboxylic acid groups (broad SMARTS) is 1. The van der Waals surface area contributed by atoms with E-state index < -0.39 is 18.6 Å². The lowest BCUT2D eigenvalue weighted by atomic mass is 10.1. The largest absolute Gasteiger partial charge is 0.480 e. The van der Waals surface area contributed by atoms with Gasteiger partial charge in [-0.25, -0.2) is 4.79 Å². The molecule has 0 saturated heterocycles. The van der Waals surface area contributed by atoms with Gasteiger partial charge in [-0.15, -0.1) is 0 Å². The smallest absolute Gasteiger partial charge is 0.328 e. The summed E-state index contributed by atoms with van der Waals surface area (Å²) < 4.78 is 0. The van der Waals surface area contributed by atoms with E-state index in [9.17, 15) is 9.59 Å². The van der Waals surface area contributed by atoms with Crippen molar-refractivity contribution < 1.29 is 19.8 Å². The summed E-state index contributed by atoms with van der Waals surface area (Å²) in [4.78, 5) is 22.2. The van der Waals surface area contributed by atoms with Gasteiger partial charge >= 0.3 is 5.97 Å². The minimum atomic E-state index is -1.21. The van der Waals surface area contributed by atoms with E-state index in [0.717, 1.165) is 57.8 Å². The SMILES string of the molecule is CC/C=C\C/C=C\C/C=C\CCCCCCCC(=O)NC(CO)C(=O)O. The molecule has 0 bridgehead atoms. The molecule has 1 amide bonds. The van der Waals surface area contributed by atoms with Crippen molar-refractivity contribution >= 4 is 11.9 Å². The quantitative estimate of drug-likeness (QED) is 0.283. The minimum absolute atomic E-state index is 0.309. The second-order valence-corrected chi connectivity index (χ2v) is 6.24. The molecule has 26 heavy (non-hydrogen) atoms. The predicted octanol–water partition coefficient (Wildman–Crippen LogP) is 4.14. The number of carbonyl (C=O) groups excluding carboxylic acids is 1. The topological polar surface area (TPSA) is 86.6 Å². The minimum Gasteiger partial charge on any atom is -0.480 e. The Morgan fingerprint density at radius 2 is 1.46 bits per heavy atom. The molecule has 5 heteroatoms. The molecule has 1 unspecified atom stereocenters. The third-order valence-corrected chi connectivity index (χ3v) is 3.87. The van der Waals surface area contributed by atoms with Crippen LogP contribution >= 0.6 is 0 Å². The molecule has 0 aliphatic carbocycles. The van der Waals surface area contributed by atoms with Gasteiger partial charge in [0.25, 0.3) is 0 Å². The van der Waals surface area contributed by atoms with Gasteiger partial charge in [-0.2, -0.15) is 0 Å². The van der Waals surface area contributed by atoms with E-state index in [2.05, 4.69) is 48.7 Å². The van der Waals surface area contributed by atoms with E-state index in [0.29, 0.717) is 6.42 Å². The van der Waals surface area contributed by atoms with Gasteiger partial charge in [0.1, 0.15) is 6.04 Å². The number of nitrogens with one attached hydrogen (secondary N) is 1. The summed E-state index contributed by atoms with van der Waals surface area (Å²) in [7, 11) is 0. The van der Waals surface area contributed by atoms with Crippen molar-refractivity contribution in [1.82, 2.24) is 5.32 Å². The highest BCUT2D eigenvalue weighted by molar-refractivity contribution is 5.83. The fourth-order valence-corrected chi connectivity index (χ4v) is 2.36. The number of amides is 1. The molecular weight excluding hydrogens is 330 g/mol. The molecule has 3 N–H and O–H groups in total. The summed E-state index contributed by atoms with van der Waals surface area (Å²) in [6.45, 7) is 1.55. The lowest BCUT2D eigenvalue weighted by Gasteiger charge is -2.11. The van der Waals surface area contributed by atoms with Crippen LogP contribution in [0, 0.1) is 0 Å². The van der Waals surface area contributed by atoms with Gasteiger partial charge in [0.05, 0.1) is 6.61 Å². The van der Waals surface area contributed by atoms with E-state index in [4.69, 9.17) is 10.2 Å². The second-order valence-electron chi connectivity index (χ2n) is 6.24. The summed E-state index contributed by atoms with van der Waals surface area (Å²) >= 11 is 0. The average molecular weight is 366 g/mol. The van der Waals surface area contributed by atoms with Crippen molar-refractivity contribution in [2.45, 2.75) is 77.2 Å². The van der Waals surface area contributed by atoms with Crippen LogP contribution in [0.4, 0.5) is 0 Å². The number of rotatable bonds is 16. The van der Waals surface area contributed by atoms with Crippen LogP contribution in [0.15, 0.2) is 36.5 Å². The van der Waals surface area contributed by atoms with Crippen molar-refractivity contribution in [1.29, 1.82) is 0 Å². The normalized spacial score (nSPS) is 13.0. The van der Waals surface area contributed by atoms with E-state index in [1.54, 1.807) is 0 Å². The predicted molar refractivity (Wildman–Crippen MR) is 106 cm³/mol. The lowest BCUT2D eigenvalue weighted by molar-refractivity contribution is -0.142. The number of carboxylic acids is 1. The van der Waals surface area contributed by atoms with Gasteiger partial charge in [0, 0.05) is 6.42 Å². The number of aliphatic carboxylic acids is 1. The summed E-state index contributed by atoms with van der Waals surface area (Å²) in [6, 6.07) is -1.20. The molecule has 0 spiro atoms. The molecule has 0 aliphatic heterocycles. The molecule has 0 radical (unpaired) electrons. The number of aliphatic hydroxyl groups excluding tert-OH is 1. The molecule has 148 valence electrons. The second kappa shape index (κ2) is 17.9. The van der Waals surface area contributed by atoms with Crippen molar-refractivity contribution in [3.63, 3.8) is 0 Å². The van der Waals surface area contributed by atoms with Gasteiger partial charge in [-0.05, 0) is 38.5 Å². The summed E-state index contributed by atoms with van der Waals surface area (Å²) in [6.07, 6.45) is 22.7. The molecule has 0 heterocycles. The molecular formula is C21H35NO4. The van der Waals surface area contributed by atoms with Gasteiger partial charge in [-0.3, -0.25) is 4.79 Å². The Labute approximate surface area is 157 Å². The van der Waals surface area contributed by atoms with Crippen LogP contribution in [-0.2, 0) is 9.59 Å². The van der Waals surface area contributed by atoms with E-state index >= 15 is 0 Å². The van der Waals surface area contributed by atoms with Crippen molar-refractivity contribution in [2.75, 3.05) is 6.61 Å². The Balaban J connectivity index is 3.48. The number of carbonyl (C=O) groups is 2. The van der Waals surface area contributed by atoms with Crippen LogP contribution in [0.3, 0.4) is 0 Å². The highest BCUT2D eigenvalue weighted by atomic mass is 16.4. The molecule has 0 aromatic heterocycles. The van der Waals surface area contributed by atoms with Crippen LogP contribution < -0.4 is 5.32 Å². The van der Waals surface area contributed by atoms with Crippen LogP contribution in [0.2, 0.25) is 0 Å². The molecule has 0 aromatic carbocycles. The highest BCUT2D eigenvalue weighted by Gasteiger charge is 2.17. The molecule has 0 fully saturated rings. The van der Waals surface area contributed by atoms with Gasteiger partial charge < -0.3 is 15.5 Å². The zero-order valence-corrected chi connectivity index (χ0v) is 16.0. The molecule has 0 aromatic rings. The maximum absolute atomic E-state index is 11.5. The van der Waals surface area contributed by atoms with Gasteiger partial charge in [-0.1, -0.05) is 62.6 Å². The van der Waals surface area contributed by atoms with Crippen molar-refractivity contribution in [2.24, 2.45) is 0 Å². The van der Waals surface area contributed by atoms with E-state index in [-0.39, 0.29) is 5.91 Å². The van der Waals surface area contributed by atoms with Crippen LogP contribution in [0.5, 0.6) is 0 Å². The first kappa shape index (κ1) is 24.1. The maximum Gasteiger partial charge on any atom is 0.328 e. The van der Waals surface area contributed by atoms with Crippen molar-refractivity contribution in [3.8, 4) is 0 Å². The lowest BCUT2D eigenvalue weighted by Crippen LogP contribution is -2.43. The zero-order chi connectivity index (χ0) is 19.5. The average Bonchev–Trinajstić information content (AvgIpc) is 2.62. The van der Waals surface area contributed by atoms with Crippen LogP contribution in [0.25, 0.3) is 0 Å². The van der Waals surface area contributed by atoms with Crippen molar-refractivity contribution in [3.05, 3.63) is 36.5 Å². The van der Waals surface area contributed by atoms with Crippen LogP contribution in [-0.4, -0.2) is 34.7 Å². The molecule has 5 nitrogen and oxygen atoms in total. The number of aliphatic hydroxyl groups is 1. The third-order valence-electron chi connectivity index (χ3n) is 3.87. The Hall–Kier alpha value is -1.88. The highest BCUT2D eigenvalue weighted by Crippen LogP contribution is 2.08. The first-order valence-electron chi connectivity index (χ1n) is 9.69. The Kier molecular flexibility index (Phi) is 16.6. The monoisotopic (exact) mass is 365 g/mol. The summed E-state index contributed by atoms with van der Waals surface area (Å²) in [5.41, 5.74) is 0. The Morgan fingerprint density at radius 3 is 2.08 bits per heavy atom. The first-order chi connectivity index (χ1) is 12.6. The third kappa shape index (κ3) is 15.6. The molecule has 0 rings (SSSR count). The maximum atomic E-state index is 11.5. The number of hydrogen-bond donors (Lipinski definition) is 3. The molecule has 0 aliphatic rings. The number of hydrogen-bond acceptors (Lipinski definition) is 3. The van der Waals surface area contributed by atoms with Gasteiger partial charge in [0.15, 0.2) is 0 Å². The van der Waals surface area contributed by atoms with Crippen LogP contribution in [0.1, 0.15) is 71.1 Å². The fourth-order valence-electron chi connectivity index (χ4n) is 2.36. The number of unbranched alkanes of at least 4 members (excludes halogenated alkanes) is 5.